The first-order valence-corrected chi connectivity index (χ1v) is 10.1. The maximum absolute atomic E-state index is 6.33. The third-order valence-electron chi connectivity index (χ3n) is 4.74. The zero-order valence-corrected chi connectivity index (χ0v) is 15.8. The van der Waals surface area contributed by atoms with E-state index in [0.29, 0.717) is 0 Å². The third kappa shape index (κ3) is 7.88. The average molecular weight is 339 g/mol. The van der Waals surface area contributed by atoms with Crippen molar-refractivity contribution in [1.29, 1.82) is 0 Å². The summed E-state index contributed by atoms with van der Waals surface area (Å²) >= 11 is 0. The Kier molecular flexibility index (Phi) is 10.0. The normalized spacial score (nSPS) is 15.0. The van der Waals surface area contributed by atoms with E-state index in [2.05, 4.69) is 67.6 Å². The monoisotopic (exact) mass is 338 g/mol. The molecule has 0 fully saturated rings. The highest BCUT2D eigenvalue weighted by molar-refractivity contribution is 5.32. The standard InChI is InChI=1S/C24H34O/c1-2-3-4-5-6-7-10-16-21-25-24(23-19-14-11-15-20-23)22-17-12-8-9-13-18-22/h8-9,11-15,17,19-20,24H,2-7,10,16,18,21H2,1H3/t24-/m1/s1. The molecule has 0 saturated carbocycles. The summed E-state index contributed by atoms with van der Waals surface area (Å²) in [5, 5.41) is 0. The summed E-state index contributed by atoms with van der Waals surface area (Å²) in [4.78, 5) is 0. The minimum absolute atomic E-state index is 0.0816. The fraction of sp³-hybridized carbons (Fsp3) is 0.500. The zero-order valence-electron chi connectivity index (χ0n) is 15.8. The molecule has 1 aliphatic carbocycles. The first-order valence-electron chi connectivity index (χ1n) is 10.1. The van der Waals surface area contributed by atoms with Crippen LogP contribution in [0.3, 0.4) is 0 Å². The van der Waals surface area contributed by atoms with Gasteiger partial charge in [0.2, 0.25) is 0 Å². The van der Waals surface area contributed by atoms with Crippen LogP contribution in [0.25, 0.3) is 0 Å². The van der Waals surface area contributed by atoms with Gasteiger partial charge in [0.1, 0.15) is 6.10 Å². The molecule has 1 aromatic carbocycles. The molecule has 0 N–H and O–H groups in total. The molecule has 1 nitrogen and oxygen atoms in total. The molecule has 0 heterocycles. The minimum atomic E-state index is 0.0816. The predicted molar refractivity (Wildman–Crippen MR) is 109 cm³/mol. The molecule has 1 aliphatic rings. The van der Waals surface area contributed by atoms with Gasteiger partial charge in [-0.1, -0.05) is 113 Å². The second kappa shape index (κ2) is 12.7. The Balaban J connectivity index is 1.77. The van der Waals surface area contributed by atoms with Crippen molar-refractivity contribution in [3.63, 3.8) is 0 Å². The number of hydrogen-bond acceptors (Lipinski definition) is 1. The molecule has 2 rings (SSSR count). The van der Waals surface area contributed by atoms with Gasteiger partial charge in [-0.25, -0.2) is 0 Å². The van der Waals surface area contributed by atoms with Crippen LogP contribution in [0, 0.1) is 0 Å². The molecule has 1 heteroatoms. The number of rotatable bonds is 12. The van der Waals surface area contributed by atoms with Crippen LogP contribution in [-0.2, 0) is 4.74 Å². The number of ether oxygens (including phenoxy) is 1. The minimum Gasteiger partial charge on any atom is -0.369 e. The molecule has 136 valence electrons. The lowest BCUT2D eigenvalue weighted by Gasteiger charge is -2.21. The Morgan fingerprint density at radius 1 is 0.840 bits per heavy atom. The molecule has 25 heavy (non-hydrogen) atoms. The van der Waals surface area contributed by atoms with Gasteiger partial charge in [0.25, 0.3) is 0 Å². The van der Waals surface area contributed by atoms with Gasteiger partial charge in [-0.2, -0.15) is 0 Å². The number of hydrogen-bond donors (Lipinski definition) is 0. The van der Waals surface area contributed by atoms with Gasteiger partial charge in [0, 0.05) is 6.61 Å². The molecule has 0 unspecified atom stereocenters. The van der Waals surface area contributed by atoms with Crippen LogP contribution in [0.4, 0.5) is 0 Å². The van der Waals surface area contributed by atoms with Crippen molar-refractivity contribution >= 4 is 0 Å². The van der Waals surface area contributed by atoms with Gasteiger partial charge in [-0.3, -0.25) is 0 Å². The molecular weight excluding hydrogens is 304 g/mol. The van der Waals surface area contributed by atoms with E-state index in [4.69, 9.17) is 4.74 Å². The van der Waals surface area contributed by atoms with Crippen LogP contribution in [-0.4, -0.2) is 6.61 Å². The van der Waals surface area contributed by atoms with Crippen LogP contribution in [0.1, 0.15) is 76.4 Å². The Hall–Kier alpha value is -1.60. The molecule has 0 saturated heterocycles. The lowest BCUT2D eigenvalue weighted by molar-refractivity contribution is 0.0728. The van der Waals surface area contributed by atoms with E-state index in [1.807, 2.05) is 0 Å². The van der Waals surface area contributed by atoms with E-state index in [1.165, 1.54) is 56.1 Å². The van der Waals surface area contributed by atoms with Gasteiger partial charge in [-0.15, -0.1) is 0 Å². The smallest absolute Gasteiger partial charge is 0.104 e. The molecule has 0 spiro atoms. The highest BCUT2D eigenvalue weighted by Crippen LogP contribution is 2.29. The lowest BCUT2D eigenvalue weighted by atomic mass is 9.98. The van der Waals surface area contributed by atoms with Crippen LogP contribution in [0.15, 0.2) is 66.3 Å². The van der Waals surface area contributed by atoms with Crippen LogP contribution in [0.2, 0.25) is 0 Å². The first-order chi connectivity index (χ1) is 12.4. The summed E-state index contributed by atoms with van der Waals surface area (Å²) in [5.74, 6) is 0. The number of allylic oxidation sites excluding steroid dienone is 5. The lowest BCUT2D eigenvalue weighted by Crippen LogP contribution is -2.09. The van der Waals surface area contributed by atoms with Gasteiger partial charge in [0.05, 0.1) is 0 Å². The highest BCUT2D eigenvalue weighted by Gasteiger charge is 2.16. The summed E-state index contributed by atoms with van der Waals surface area (Å²) in [6, 6.07) is 10.6. The van der Waals surface area contributed by atoms with E-state index in [9.17, 15) is 0 Å². The van der Waals surface area contributed by atoms with Crippen LogP contribution in [0.5, 0.6) is 0 Å². The average Bonchev–Trinajstić information content (AvgIpc) is 2.93. The fourth-order valence-electron chi connectivity index (χ4n) is 3.27. The van der Waals surface area contributed by atoms with E-state index in [0.717, 1.165) is 19.4 Å². The molecule has 0 aliphatic heterocycles. The Morgan fingerprint density at radius 2 is 1.56 bits per heavy atom. The summed E-state index contributed by atoms with van der Waals surface area (Å²) in [7, 11) is 0. The summed E-state index contributed by atoms with van der Waals surface area (Å²) in [5.41, 5.74) is 2.60. The second-order valence-electron chi connectivity index (χ2n) is 6.90. The quantitative estimate of drug-likeness (QED) is 0.363. The molecule has 0 radical (unpaired) electrons. The Morgan fingerprint density at radius 3 is 2.32 bits per heavy atom. The van der Waals surface area contributed by atoms with E-state index >= 15 is 0 Å². The largest absolute Gasteiger partial charge is 0.369 e. The zero-order chi connectivity index (χ0) is 17.6. The third-order valence-corrected chi connectivity index (χ3v) is 4.74. The van der Waals surface area contributed by atoms with Gasteiger partial charge in [0.15, 0.2) is 0 Å². The van der Waals surface area contributed by atoms with Crippen molar-refractivity contribution in [2.75, 3.05) is 6.61 Å². The molecular formula is C24H34O. The van der Waals surface area contributed by atoms with Gasteiger partial charge >= 0.3 is 0 Å². The Labute approximate surface area is 154 Å². The van der Waals surface area contributed by atoms with Crippen molar-refractivity contribution in [3.05, 3.63) is 71.8 Å². The molecule has 0 amide bonds. The SMILES string of the molecule is CCCCCCCCCCO[C@H](C1=CC=CC=CC1)c1ccccc1. The summed E-state index contributed by atoms with van der Waals surface area (Å²) in [6.07, 6.45) is 22.5. The molecule has 0 aromatic heterocycles. The molecule has 1 aromatic rings. The van der Waals surface area contributed by atoms with Crippen molar-refractivity contribution in [2.45, 2.75) is 70.8 Å². The van der Waals surface area contributed by atoms with Crippen molar-refractivity contribution in [2.24, 2.45) is 0 Å². The summed E-state index contributed by atoms with van der Waals surface area (Å²) in [6.45, 7) is 3.12. The molecule has 1 atom stereocenters. The van der Waals surface area contributed by atoms with Crippen molar-refractivity contribution in [3.8, 4) is 0 Å². The summed E-state index contributed by atoms with van der Waals surface area (Å²) < 4.78 is 6.33. The number of benzene rings is 1. The van der Waals surface area contributed by atoms with Crippen molar-refractivity contribution < 1.29 is 4.74 Å². The highest BCUT2D eigenvalue weighted by atomic mass is 16.5. The fourth-order valence-corrected chi connectivity index (χ4v) is 3.27. The number of unbranched alkanes of at least 4 members (excludes halogenated alkanes) is 7. The maximum Gasteiger partial charge on any atom is 0.104 e. The van der Waals surface area contributed by atoms with Gasteiger partial charge < -0.3 is 4.74 Å². The van der Waals surface area contributed by atoms with Crippen molar-refractivity contribution in [1.82, 2.24) is 0 Å². The topological polar surface area (TPSA) is 9.23 Å². The van der Waals surface area contributed by atoms with E-state index < -0.39 is 0 Å². The predicted octanol–water partition coefficient (Wildman–Crippen LogP) is 7.33. The molecule has 0 bridgehead atoms. The first kappa shape index (κ1) is 19.7. The van der Waals surface area contributed by atoms with Crippen LogP contribution >= 0.6 is 0 Å². The van der Waals surface area contributed by atoms with E-state index in [-0.39, 0.29) is 6.10 Å². The Bertz CT molecular complexity index is 538. The van der Waals surface area contributed by atoms with Crippen LogP contribution < -0.4 is 0 Å². The maximum atomic E-state index is 6.33. The van der Waals surface area contributed by atoms with E-state index in [1.54, 1.807) is 0 Å². The van der Waals surface area contributed by atoms with Gasteiger partial charge in [-0.05, 0) is 24.0 Å². The second-order valence-corrected chi connectivity index (χ2v) is 6.90.